The number of benzene rings is 1. The van der Waals surface area contributed by atoms with Crippen molar-refractivity contribution in [2.45, 2.75) is 54.8 Å². The minimum absolute atomic E-state index is 0.0140. The van der Waals surface area contributed by atoms with Crippen LogP contribution in [0.1, 0.15) is 55.2 Å². The molecule has 148 valence electrons. The molecule has 2 aliphatic rings. The Balaban J connectivity index is 2.05. The van der Waals surface area contributed by atoms with Crippen molar-refractivity contribution in [3.8, 4) is 11.1 Å². The molecule has 4 rings (SSSR count). The predicted molar refractivity (Wildman–Crippen MR) is 114 cm³/mol. The summed E-state index contributed by atoms with van der Waals surface area (Å²) in [6.07, 6.45) is 3.92. The lowest BCUT2D eigenvalue weighted by molar-refractivity contribution is -0.116. The topological polar surface area (TPSA) is 51.1 Å². The second kappa shape index (κ2) is 7.08. The van der Waals surface area contributed by atoms with Crippen LogP contribution >= 0.6 is 34.8 Å². The Labute approximate surface area is 179 Å². The molecular weight excluding hydrogens is 419 g/mol. The zero-order chi connectivity index (χ0) is 20.1. The summed E-state index contributed by atoms with van der Waals surface area (Å²) in [4.78, 5) is 25.4. The maximum absolute atomic E-state index is 12.9. The van der Waals surface area contributed by atoms with Crippen molar-refractivity contribution in [2.24, 2.45) is 0 Å². The summed E-state index contributed by atoms with van der Waals surface area (Å²) >= 11 is 17.9. The second-order valence-electron chi connectivity index (χ2n) is 7.60. The molecule has 28 heavy (non-hydrogen) atoms. The van der Waals surface area contributed by atoms with Gasteiger partial charge in [-0.15, -0.1) is 0 Å². The first-order valence-corrected chi connectivity index (χ1v) is 10.6. The number of alkyl halides is 3. The Kier molecular flexibility index (Phi) is 5.01. The van der Waals surface area contributed by atoms with Gasteiger partial charge >= 0.3 is 0 Å². The molecule has 1 atom stereocenters. The Hall–Kier alpha value is -1.49. The molecule has 4 nitrogen and oxygen atoms in total. The van der Waals surface area contributed by atoms with E-state index in [1.165, 1.54) is 0 Å². The molecule has 0 saturated carbocycles. The Morgan fingerprint density at radius 2 is 1.96 bits per heavy atom. The molecule has 0 unspecified atom stereocenters. The zero-order valence-electron chi connectivity index (χ0n) is 15.5. The normalized spacial score (nSPS) is 21.6. The van der Waals surface area contributed by atoms with E-state index in [0.717, 1.165) is 48.2 Å². The fraction of sp³-hybridized carbons (Fsp3) is 0.429. The summed E-state index contributed by atoms with van der Waals surface area (Å²) in [7, 11) is 0. The van der Waals surface area contributed by atoms with Crippen molar-refractivity contribution < 1.29 is 9.59 Å². The van der Waals surface area contributed by atoms with Crippen LogP contribution in [-0.2, 0) is 16.8 Å². The number of nitrogens with zero attached hydrogens (tertiary/aromatic N) is 1. The first-order valence-electron chi connectivity index (χ1n) is 9.51. The molecule has 1 aromatic heterocycles. The first kappa shape index (κ1) is 19.8. The van der Waals surface area contributed by atoms with Gasteiger partial charge in [0.15, 0.2) is 0 Å². The smallest absolute Gasteiger partial charge is 0.255 e. The van der Waals surface area contributed by atoms with Crippen LogP contribution in [-0.4, -0.2) is 20.1 Å². The van der Waals surface area contributed by atoms with Crippen molar-refractivity contribution in [2.75, 3.05) is 5.32 Å². The lowest BCUT2D eigenvalue weighted by Crippen LogP contribution is -2.36. The third kappa shape index (κ3) is 3.16. The summed E-state index contributed by atoms with van der Waals surface area (Å²) in [5.41, 5.74) is 3.90. The molecule has 2 aromatic rings. The molecule has 3 heterocycles. The van der Waals surface area contributed by atoms with E-state index in [9.17, 15) is 9.59 Å². The number of Topliss-reactive ketones (excluding diaryl/α,β-unsaturated/α-hetero) is 1. The number of hydrogen-bond acceptors (Lipinski definition) is 2. The van der Waals surface area contributed by atoms with E-state index in [1.54, 1.807) is 0 Å². The van der Waals surface area contributed by atoms with Gasteiger partial charge in [-0.25, -0.2) is 0 Å². The molecule has 0 fully saturated rings. The highest BCUT2D eigenvalue weighted by molar-refractivity contribution is 6.77. The average Bonchev–Trinajstić information content (AvgIpc) is 3.07. The molecule has 0 bridgehead atoms. The Morgan fingerprint density at radius 1 is 1.21 bits per heavy atom. The number of hydrogen-bond donors (Lipinski definition) is 1. The fourth-order valence-corrected chi connectivity index (χ4v) is 5.03. The second-order valence-corrected chi connectivity index (χ2v) is 9.88. The number of rotatable bonds is 2. The van der Waals surface area contributed by atoms with Crippen LogP contribution in [0.5, 0.6) is 0 Å². The summed E-state index contributed by atoms with van der Waals surface area (Å²) in [5, 5.41) is 3.03. The fourth-order valence-electron chi connectivity index (χ4n) is 4.74. The van der Waals surface area contributed by atoms with Gasteiger partial charge in [-0.1, -0.05) is 59.9 Å². The molecule has 1 N–H and O–H groups in total. The van der Waals surface area contributed by atoms with Crippen LogP contribution in [0.15, 0.2) is 30.3 Å². The lowest BCUT2D eigenvalue weighted by atomic mass is 9.70. The quantitative estimate of drug-likeness (QED) is 0.469. The van der Waals surface area contributed by atoms with Gasteiger partial charge in [-0.3, -0.25) is 9.59 Å². The maximum atomic E-state index is 12.9. The largest absolute Gasteiger partial charge is 0.341 e. The van der Waals surface area contributed by atoms with E-state index in [1.807, 2.05) is 34.9 Å². The van der Waals surface area contributed by atoms with Crippen LogP contribution in [0.2, 0.25) is 0 Å². The molecule has 1 amide bonds. The Morgan fingerprint density at radius 3 is 2.68 bits per heavy atom. The number of ketones is 1. The van der Waals surface area contributed by atoms with E-state index < -0.39 is 9.58 Å². The van der Waals surface area contributed by atoms with E-state index in [-0.39, 0.29) is 11.3 Å². The van der Waals surface area contributed by atoms with Crippen LogP contribution in [0.3, 0.4) is 0 Å². The maximum Gasteiger partial charge on any atom is 0.255 e. The van der Waals surface area contributed by atoms with Crippen molar-refractivity contribution in [3.63, 3.8) is 0 Å². The van der Waals surface area contributed by atoms with Gasteiger partial charge in [0.1, 0.15) is 0 Å². The van der Waals surface area contributed by atoms with E-state index in [0.29, 0.717) is 18.7 Å². The highest BCUT2D eigenvalue weighted by Crippen LogP contribution is 2.49. The lowest BCUT2D eigenvalue weighted by Gasteiger charge is -2.39. The molecule has 1 aromatic carbocycles. The summed E-state index contributed by atoms with van der Waals surface area (Å²) < 4.78 is 0.0165. The van der Waals surface area contributed by atoms with Gasteiger partial charge in [0.2, 0.25) is 11.7 Å². The SMILES string of the molecule is CC[C@]12CCCn3c(C(=O)C(Cl)(Cl)Cl)cc(c31)-c1ccccc1NC(=O)CC2. The van der Waals surface area contributed by atoms with Gasteiger partial charge < -0.3 is 9.88 Å². The number of fused-ring (bicyclic) bond motifs is 2. The van der Waals surface area contributed by atoms with Gasteiger partial charge in [-0.05, 0) is 37.8 Å². The average molecular weight is 440 g/mol. The van der Waals surface area contributed by atoms with Crippen LogP contribution in [0.25, 0.3) is 11.1 Å². The molecule has 2 aliphatic heterocycles. The van der Waals surface area contributed by atoms with E-state index >= 15 is 0 Å². The summed E-state index contributed by atoms with van der Waals surface area (Å²) in [6.45, 7) is 2.84. The molecule has 7 heteroatoms. The highest BCUT2D eigenvalue weighted by atomic mass is 35.6. The third-order valence-electron chi connectivity index (χ3n) is 6.13. The van der Waals surface area contributed by atoms with Crippen molar-refractivity contribution in [3.05, 3.63) is 41.7 Å². The van der Waals surface area contributed by atoms with Gasteiger partial charge in [0, 0.05) is 40.9 Å². The highest BCUT2D eigenvalue weighted by Gasteiger charge is 2.43. The number of aromatic nitrogens is 1. The predicted octanol–water partition coefficient (Wildman–Crippen LogP) is 5.88. The number of amides is 1. The molecule has 0 saturated heterocycles. The third-order valence-corrected chi connectivity index (χ3v) is 6.64. The minimum Gasteiger partial charge on any atom is -0.341 e. The molecule has 0 radical (unpaired) electrons. The van der Waals surface area contributed by atoms with Crippen LogP contribution in [0.4, 0.5) is 5.69 Å². The summed E-state index contributed by atoms with van der Waals surface area (Å²) in [6, 6.07) is 9.51. The zero-order valence-corrected chi connectivity index (χ0v) is 17.8. The van der Waals surface area contributed by atoms with Gasteiger partial charge in [0.05, 0.1) is 5.69 Å². The minimum atomic E-state index is -2.01. The van der Waals surface area contributed by atoms with Gasteiger partial charge in [-0.2, -0.15) is 0 Å². The Bertz CT molecular complexity index is 961. The van der Waals surface area contributed by atoms with E-state index in [4.69, 9.17) is 34.8 Å². The number of nitrogens with one attached hydrogen (secondary N) is 1. The number of para-hydroxylation sites is 1. The summed E-state index contributed by atoms with van der Waals surface area (Å²) in [5.74, 6) is -0.504. The van der Waals surface area contributed by atoms with Crippen molar-refractivity contribution >= 4 is 52.2 Å². The molecule has 0 aliphatic carbocycles. The van der Waals surface area contributed by atoms with Crippen LogP contribution < -0.4 is 5.32 Å². The number of carbonyl (C=O) groups is 2. The number of carbonyl (C=O) groups excluding carboxylic acids is 2. The number of halogens is 3. The first-order chi connectivity index (χ1) is 13.3. The molecular formula is C21H21Cl3N2O2. The monoisotopic (exact) mass is 438 g/mol. The van der Waals surface area contributed by atoms with Crippen LogP contribution in [0, 0.1) is 0 Å². The van der Waals surface area contributed by atoms with Crippen molar-refractivity contribution in [1.82, 2.24) is 4.57 Å². The van der Waals surface area contributed by atoms with E-state index in [2.05, 4.69) is 12.2 Å². The molecule has 0 spiro atoms. The van der Waals surface area contributed by atoms with Crippen molar-refractivity contribution in [1.29, 1.82) is 0 Å². The number of anilines is 1. The van der Waals surface area contributed by atoms with Gasteiger partial charge in [0.25, 0.3) is 3.79 Å². The standard InChI is InChI=1S/C21H21Cl3N2O2/c1-2-20-9-5-11-26-16(19(28)21(22,23)24)12-14(18(20)26)13-6-3-4-7-15(13)25-17(27)8-10-20/h3-4,6-7,12H,2,5,8-11H2,1H3,(H,25,27)/t20-/m1/s1.